The first-order chi connectivity index (χ1) is 9.58. The molecule has 5 nitrogen and oxygen atoms in total. The van der Waals surface area contributed by atoms with Crippen LogP contribution in [0.15, 0.2) is 30.5 Å². The fraction of sp³-hybridized carbons (Fsp3) is 0.200. The molecule has 0 aliphatic heterocycles. The van der Waals surface area contributed by atoms with Gasteiger partial charge in [0.05, 0.1) is 13.2 Å². The van der Waals surface area contributed by atoms with Crippen LogP contribution >= 0.6 is 0 Å². The molecule has 0 atom stereocenters. The van der Waals surface area contributed by atoms with Crippen LogP contribution in [-0.2, 0) is 11.8 Å². The number of aryl methyl sites for hydroxylation is 1. The number of carbonyl (C=O) groups is 1. The number of aromatic hydroxyl groups is 1. The average molecular weight is 270 g/mol. The van der Waals surface area contributed by atoms with Crippen LogP contribution in [0.1, 0.15) is 17.4 Å². The largest absolute Gasteiger partial charge is 0.508 e. The third-order valence-electron chi connectivity index (χ3n) is 2.91. The topological polar surface area (TPSA) is 55.8 Å². The highest BCUT2D eigenvalue weighted by Crippen LogP contribution is 2.36. The Balaban J connectivity index is 2.64. The number of nitrogens with zero attached hydrogens (tertiary/aromatic N) is 2. The van der Waals surface area contributed by atoms with E-state index in [-0.39, 0.29) is 12.4 Å². The second kappa shape index (κ2) is 5.49. The molecule has 0 radical (unpaired) electrons. The molecule has 1 heterocycles. The Bertz CT molecular complexity index is 678. The summed E-state index contributed by atoms with van der Waals surface area (Å²) in [5.74, 6) is -0.334. The minimum atomic E-state index is -0.465. The van der Waals surface area contributed by atoms with Crippen LogP contribution in [0, 0.1) is 6.57 Å². The van der Waals surface area contributed by atoms with Crippen LogP contribution in [0.5, 0.6) is 5.75 Å². The number of hydrogen-bond donors (Lipinski definition) is 1. The van der Waals surface area contributed by atoms with Crippen molar-refractivity contribution >= 4 is 11.7 Å². The van der Waals surface area contributed by atoms with E-state index in [4.69, 9.17) is 11.3 Å². The number of esters is 1. The van der Waals surface area contributed by atoms with E-state index in [0.717, 1.165) is 0 Å². The van der Waals surface area contributed by atoms with Gasteiger partial charge in [0.2, 0.25) is 5.69 Å². The SMILES string of the molecule is [C-]#[N+]c1cn(C)c(C(=O)OCC)c1-c1ccc(O)cc1. The molecule has 0 saturated carbocycles. The zero-order valence-electron chi connectivity index (χ0n) is 11.3. The lowest BCUT2D eigenvalue weighted by molar-refractivity contribution is 0.0516. The van der Waals surface area contributed by atoms with Gasteiger partial charge in [-0.1, -0.05) is 12.1 Å². The van der Waals surface area contributed by atoms with E-state index in [0.29, 0.717) is 22.5 Å². The third kappa shape index (κ3) is 2.36. The maximum atomic E-state index is 12.1. The Morgan fingerprint density at radius 2 is 2.05 bits per heavy atom. The van der Waals surface area contributed by atoms with Gasteiger partial charge in [0.1, 0.15) is 11.4 Å². The lowest BCUT2D eigenvalue weighted by Crippen LogP contribution is -2.10. The Labute approximate surface area is 116 Å². The average Bonchev–Trinajstić information content (AvgIpc) is 2.76. The molecule has 0 saturated heterocycles. The van der Waals surface area contributed by atoms with Gasteiger partial charge in [0.25, 0.3) is 0 Å². The van der Waals surface area contributed by atoms with Gasteiger partial charge in [-0.15, -0.1) is 0 Å². The fourth-order valence-electron chi connectivity index (χ4n) is 2.05. The van der Waals surface area contributed by atoms with Crippen LogP contribution in [0.2, 0.25) is 0 Å². The van der Waals surface area contributed by atoms with E-state index in [1.54, 1.807) is 36.9 Å². The first kappa shape index (κ1) is 13.7. The number of ether oxygens (including phenoxy) is 1. The molecular weight excluding hydrogens is 256 g/mol. The number of rotatable bonds is 3. The van der Waals surface area contributed by atoms with Crippen molar-refractivity contribution in [2.24, 2.45) is 7.05 Å². The molecule has 5 heteroatoms. The summed E-state index contributed by atoms with van der Waals surface area (Å²) in [6.07, 6.45) is 1.60. The molecule has 1 aromatic carbocycles. The molecule has 0 unspecified atom stereocenters. The summed E-state index contributed by atoms with van der Waals surface area (Å²) in [6, 6.07) is 6.38. The number of hydrogen-bond acceptors (Lipinski definition) is 3. The van der Waals surface area contributed by atoms with Gasteiger partial charge in [0.15, 0.2) is 0 Å². The van der Waals surface area contributed by atoms with Crippen LogP contribution in [-0.4, -0.2) is 22.2 Å². The van der Waals surface area contributed by atoms with E-state index in [1.807, 2.05) is 0 Å². The summed E-state index contributed by atoms with van der Waals surface area (Å²) in [4.78, 5) is 15.5. The summed E-state index contributed by atoms with van der Waals surface area (Å²) < 4.78 is 6.63. The highest BCUT2D eigenvalue weighted by molar-refractivity contribution is 6.00. The fourth-order valence-corrected chi connectivity index (χ4v) is 2.05. The Morgan fingerprint density at radius 3 is 2.60 bits per heavy atom. The molecule has 20 heavy (non-hydrogen) atoms. The lowest BCUT2D eigenvalue weighted by atomic mass is 10.0. The van der Waals surface area contributed by atoms with Crippen LogP contribution < -0.4 is 0 Å². The van der Waals surface area contributed by atoms with Crippen LogP contribution in [0.3, 0.4) is 0 Å². The maximum absolute atomic E-state index is 12.1. The Morgan fingerprint density at radius 1 is 1.40 bits per heavy atom. The minimum absolute atomic E-state index is 0.131. The van der Waals surface area contributed by atoms with Crippen molar-refractivity contribution in [2.75, 3.05) is 6.61 Å². The van der Waals surface area contributed by atoms with Crippen molar-refractivity contribution in [3.63, 3.8) is 0 Å². The lowest BCUT2D eigenvalue weighted by Gasteiger charge is -2.08. The molecule has 102 valence electrons. The summed E-state index contributed by atoms with van der Waals surface area (Å²) in [5, 5.41) is 9.34. The minimum Gasteiger partial charge on any atom is -0.508 e. The second-order valence-corrected chi connectivity index (χ2v) is 4.23. The van der Waals surface area contributed by atoms with Gasteiger partial charge in [-0.05, 0) is 24.6 Å². The number of carbonyl (C=O) groups excluding carboxylic acids is 1. The first-order valence-electron chi connectivity index (χ1n) is 6.11. The van der Waals surface area contributed by atoms with Crippen molar-refractivity contribution in [1.29, 1.82) is 0 Å². The van der Waals surface area contributed by atoms with Crippen molar-refractivity contribution in [1.82, 2.24) is 4.57 Å². The molecule has 0 aliphatic rings. The third-order valence-corrected chi connectivity index (χ3v) is 2.91. The van der Waals surface area contributed by atoms with Crippen LogP contribution in [0.4, 0.5) is 5.69 Å². The van der Waals surface area contributed by atoms with E-state index >= 15 is 0 Å². The van der Waals surface area contributed by atoms with Gasteiger partial charge in [-0.25, -0.2) is 9.64 Å². The molecule has 0 spiro atoms. The number of phenols is 1. The summed E-state index contributed by atoms with van der Waals surface area (Å²) in [6.45, 7) is 9.24. The highest BCUT2D eigenvalue weighted by Gasteiger charge is 2.22. The van der Waals surface area contributed by atoms with Gasteiger partial charge < -0.3 is 14.4 Å². The summed E-state index contributed by atoms with van der Waals surface area (Å²) in [7, 11) is 1.70. The van der Waals surface area contributed by atoms with Crippen LogP contribution in [0.25, 0.3) is 16.0 Å². The molecular formula is C15H14N2O3. The van der Waals surface area contributed by atoms with Crippen molar-refractivity contribution < 1.29 is 14.6 Å². The predicted molar refractivity (Wildman–Crippen MR) is 74.7 cm³/mol. The maximum Gasteiger partial charge on any atom is 0.354 e. The molecule has 2 rings (SSSR count). The number of aromatic nitrogens is 1. The molecule has 0 aliphatic carbocycles. The summed E-state index contributed by atoms with van der Waals surface area (Å²) >= 11 is 0. The number of benzene rings is 1. The van der Waals surface area contributed by atoms with Gasteiger partial charge in [-0.3, -0.25) is 0 Å². The molecule has 0 bridgehead atoms. The van der Waals surface area contributed by atoms with Gasteiger partial charge in [0, 0.05) is 18.8 Å². The molecule has 2 aromatic rings. The standard InChI is InChI=1S/C15H14N2O3/c1-4-20-15(19)14-13(12(16-2)9-17(14)3)10-5-7-11(18)8-6-10/h5-9,18H,4H2,1,3H3. The molecule has 0 amide bonds. The predicted octanol–water partition coefficient (Wildman–Crippen LogP) is 3.13. The van der Waals surface area contributed by atoms with Gasteiger partial charge >= 0.3 is 5.97 Å². The normalized spacial score (nSPS) is 10.1. The van der Waals surface area contributed by atoms with E-state index in [2.05, 4.69) is 4.85 Å². The van der Waals surface area contributed by atoms with E-state index < -0.39 is 5.97 Å². The monoisotopic (exact) mass is 270 g/mol. The first-order valence-corrected chi connectivity index (χ1v) is 6.11. The van der Waals surface area contributed by atoms with Crippen molar-refractivity contribution in [3.8, 4) is 16.9 Å². The smallest absolute Gasteiger partial charge is 0.354 e. The molecule has 0 fully saturated rings. The quantitative estimate of drug-likeness (QED) is 0.688. The van der Waals surface area contributed by atoms with E-state index in [1.165, 1.54) is 12.1 Å². The Hall–Kier alpha value is -2.74. The van der Waals surface area contributed by atoms with E-state index in [9.17, 15) is 9.90 Å². The highest BCUT2D eigenvalue weighted by atomic mass is 16.5. The van der Waals surface area contributed by atoms with Crippen molar-refractivity contribution in [3.05, 3.63) is 47.6 Å². The second-order valence-electron chi connectivity index (χ2n) is 4.23. The number of phenolic OH excluding ortho intramolecular Hbond substituents is 1. The van der Waals surface area contributed by atoms with Gasteiger partial charge in [-0.2, -0.15) is 0 Å². The summed E-state index contributed by atoms with van der Waals surface area (Å²) in [5.41, 5.74) is 1.93. The molecule has 1 N–H and O–H groups in total. The molecule has 1 aromatic heterocycles. The Kier molecular flexibility index (Phi) is 3.76. The van der Waals surface area contributed by atoms with Crippen molar-refractivity contribution in [2.45, 2.75) is 6.92 Å². The zero-order chi connectivity index (χ0) is 14.7. The zero-order valence-corrected chi connectivity index (χ0v) is 11.3.